The number of hydrogen-bond donors (Lipinski definition) is 2. The molecule has 1 rings (SSSR count). The lowest BCUT2D eigenvalue weighted by atomic mass is 10.1. The van der Waals surface area contributed by atoms with Gasteiger partial charge in [-0.15, -0.1) is 0 Å². The Morgan fingerprint density at radius 2 is 2.00 bits per heavy atom. The molecule has 1 amide bonds. The normalized spacial score (nSPS) is 14.7. The maximum Gasteiger partial charge on any atom is 0.251 e. The summed E-state index contributed by atoms with van der Waals surface area (Å²) in [7, 11) is -3.31. The monoisotopic (exact) mass is 284 g/mol. The summed E-state index contributed by atoms with van der Waals surface area (Å²) in [6.07, 6.45) is 1.78. The standard InChI is InChI=1S/C13H20N2O3S/c1-9(14)7-10(2)15-13(16)11-5-4-6-12(8-11)19(3,17)18/h4-6,8-10H,7,14H2,1-3H3,(H,15,16). The van der Waals surface area contributed by atoms with Crippen LogP contribution >= 0.6 is 0 Å². The molecule has 0 fully saturated rings. The molecule has 1 aromatic carbocycles. The molecule has 0 bridgehead atoms. The van der Waals surface area contributed by atoms with E-state index in [1.165, 1.54) is 12.1 Å². The average Bonchev–Trinajstić information content (AvgIpc) is 2.26. The third-order valence-electron chi connectivity index (χ3n) is 2.63. The molecule has 5 nitrogen and oxygen atoms in total. The zero-order valence-electron chi connectivity index (χ0n) is 11.4. The van der Waals surface area contributed by atoms with E-state index < -0.39 is 9.84 Å². The summed E-state index contributed by atoms with van der Waals surface area (Å²) >= 11 is 0. The van der Waals surface area contributed by atoms with Crippen LogP contribution in [0.4, 0.5) is 0 Å². The van der Waals surface area contributed by atoms with Crippen LogP contribution in [-0.2, 0) is 9.84 Å². The molecule has 0 spiro atoms. The van der Waals surface area contributed by atoms with Crippen molar-refractivity contribution < 1.29 is 13.2 Å². The number of carbonyl (C=O) groups is 1. The number of nitrogens with two attached hydrogens (primary N) is 1. The highest BCUT2D eigenvalue weighted by Gasteiger charge is 2.14. The van der Waals surface area contributed by atoms with Gasteiger partial charge in [-0.2, -0.15) is 0 Å². The van der Waals surface area contributed by atoms with E-state index in [-0.39, 0.29) is 22.9 Å². The molecule has 0 radical (unpaired) electrons. The molecule has 1 aromatic rings. The summed E-state index contributed by atoms with van der Waals surface area (Å²) in [6, 6.07) is 5.93. The summed E-state index contributed by atoms with van der Waals surface area (Å²) in [4.78, 5) is 12.1. The molecule has 6 heteroatoms. The molecule has 0 heterocycles. The Kier molecular flexibility index (Phi) is 5.08. The number of amides is 1. The van der Waals surface area contributed by atoms with Crippen molar-refractivity contribution in [1.82, 2.24) is 5.32 Å². The quantitative estimate of drug-likeness (QED) is 0.842. The van der Waals surface area contributed by atoms with Gasteiger partial charge in [0.25, 0.3) is 5.91 Å². The molecule has 19 heavy (non-hydrogen) atoms. The predicted molar refractivity (Wildman–Crippen MR) is 74.7 cm³/mol. The SMILES string of the molecule is CC(N)CC(C)NC(=O)c1cccc(S(C)(=O)=O)c1. The second kappa shape index (κ2) is 6.16. The first kappa shape index (κ1) is 15.7. The number of nitrogens with one attached hydrogen (secondary N) is 1. The number of benzene rings is 1. The lowest BCUT2D eigenvalue weighted by molar-refractivity contribution is 0.0937. The van der Waals surface area contributed by atoms with E-state index in [2.05, 4.69) is 5.32 Å². The van der Waals surface area contributed by atoms with Crippen molar-refractivity contribution in [3.05, 3.63) is 29.8 Å². The van der Waals surface area contributed by atoms with Crippen LogP contribution in [0, 0.1) is 0 Å². The van der Waals surface area contributed by atoms with Crippen LogP contribution in [0.1, 0.15) is 30.6 Å². The van der Waals surface area contributed by atoms with Gasteiger partial charge in [-0.25, -0.2) is 8.42 Å². The lowest BCUT2D eigenvalue weighted by Gasteiger charge is -2.16. The second-order valence-electron chi connectivity index (χ2n) is 4.89. The Morgan fingerprint density at radius 3 is 2.53 bits per heavy atom. The van der Waals surface area contributed by atoms with Crippen LogP contribution in [0.3, 0.4) is 0 Å². The van der Waals surface area contributed by atoms with Crippen molar-refractivity contribution in [2.24, 2.45) is 5.73 Å². The number of hydrogen-bond acceptors (Lipinski definition) is 4. The van der Waals surface area contributed by atoms with Gasteiger partial charge >= 0.3 is 0 Å². The number of sulfone groups is 1. The molecular formula is C13H20N2O3S. The highest BCUT2D eigenvalue weighted by atomic mass is 32.2. The van der Waals surface area contributed by atoms with Gasteiger partial charge in [-0.05, 0) is 38.5 Å². The fraction of sp³-hybridized carbons (Fsp3) is 0.462. The minimum absolute atomic E-state index is 0.00217. The number of rotatable bonds is 5. The summed E-state index contributed by atoms with van der Waals surface area (Å²) in [5.74, 6) is -0.293. The second-order valence-corrected chi connectivity index (χ2v) is 6.90. The van der Waals surface area contributed by atoms with Gasteiger partial charge in [0, 0.05) is 23.9 Å². The molecule has 0 aromatic heterocycles. The first-order valence-corrected chi connectivity index (χ1v) is 7.96. The summed E-state index contributed by atoms with van der Waals surface area (Å²) < 4.78 is 22.9. The Hall–Kier alpha value is -1.40. The van der Waals surface area contributed by atoms with Crippen LogP contribution in [0.2, 0.25) is 0 Å². The molecule has 0 saturated carbocycles. The molecule has 3 N–H and O–H groups in total. The van der Waals surface area contributed by atoms with Gasteiger partial charge in [-0.1, -0.05) is 6.07 Å². The lowest BCUT2D eigenvalue weighted by Crippen LogP contribution is -2.36. The highest BCUT2D eigenvalue weighted by molar-refractivity contribution is 7.90. The Morgan fingerprint density at radius 1 is 1.37 bits per heavy atom. The zero-order valence-corrected chi connectivity index (χ0v) is 12.2. The van der Waals surface area contributed by atoms with Gasteiger partial charge < -0.3 is 11.1 Å². The molecule has 0 aliphatic carbocycles. The van der Waals surface area contributed by atoms with Crippen molar-refractivity contribution in [3.8, 4) is 0 Å². The number of carbonyl (C=O) groups excluding carboxylic acids is 1. The fourth-order valence-electron chi connectivity index (χ4n) is 1.79. The maximum absolute atomic E-state index is 12.0. The third kappa shape index (κ3) is 5.00. The maximum atomic E-state index is 12.0. The van der Waals surface area contributed by atoms with E-state index >= 15 is 0 Å². The zero-order chi connectivity index (χ0) is 14.6. The minimum Gasteiger partial charge on any atom is -0.350 e. The van der Waals surface area contributed by atoms with Crippen LogP contribution < -0.4 is 11.1 Å². The Bertz CT molecular complexity index is 553. The van der Waals surface area contributed by atoms with Gasteiger partial charge in [0.05, 0.1) is 4.90 Å². The summed E-state index contributed by atoms with van der Waals surface area (Å²) in [5, 5.41) is 2.79. The van der Waals surface area contributed by atoms with E-state index in [9.17, 15) is 13.2 Å². The van der Waals surface area contributed by atoms with Gasteiger partial charge in [0.1, 0.15) is 0 Å². The van der Waals surface area contributed by atoms with Crippen molar-refractivity contribution in [1.29, 1.82) is 0 Å². The Balaban J connectivity index is 2.84. The van der Waals surface area contributed by atoms with Crippen LogP contribution in [-0.4, -0.2) is 32.7 Å². The predicted octanol–water partition coefficient (Wildman–Crippen LogP) is 0.946. The van der Waals surface area contributed by atoms with Crippen LogP contribution in [0.5, 0.6) is 0 Å². The average molecular weight is 284 g/mol. The van der Waals surface area contributed by atoms with Gasteiger partial charge in [-0.3, -0.25) is 4.79 Å². The summed E-state index contributed by atoms with van der Waals surface area (Å²) in [6.45, 7) is 3.73. The van der Waals surface area contributed by atoms with E-state index in [0.717, 1.165) is 6.26 Å². The summed E-state index contributed by atoms with van der Waals surface area (Å²) in [5.41, 5.74) is 5.99. The van der Waals surface area contributed by atoms with E-state index in [1.54, 1.807) is 12.1 Å². The van der Waals surface area contributed by atoms with Crippen LogP contribution in [0.15, 0.2) is 29.2 Å². The first-order valence-electron chi connectivity index (χ1n) is 6.06. The van der Waals surface area contributed by atoms with Crippen molar-refractivity contribution in [3.63, 3.8) is 0 Å². The van der Waals surface area contributed by atoms with Crippen molar-refractivity contribution in [2.75, 3.05) is 6.26 Å². The topological polar surface area (TPSA) is 89.3 Å². The van der Waals surface area contributed by atoms with Crippen LogP contribution in [0.25, 0.3) is 0 Å². The van der Waals surface area contributed by atoms with E-state index in [4.69, 9.17) is 5.73 Å². The van der Waals surface area contributed by atoms with E-state index in [0.29, 0.717) is 12.0 Å². The highest BCUT2D eigenvalue weighted by Crippen LogP contribution is 2.11. The molecule has 106 valence electrons. The third-order valence-corrected chi connectivity index (χ3v) is 3.74. The molecule has 2 unspecified atom stereocenters. The molecule has 0 saturated heterocycles. The molecule has 0 aliphatic rings. The molecule has 2 atom stereocenters. The minimum atomic E-state index is -3.31. The first-order chi connectivity index (χ1) is 8.70. The molecule has 0 aliphatic heterocycles. The Labute approximate surface area is 114 Å². The largest absolute Gasteiger partial charge is 0.350 e. The smallest absolute Gasteiger partial charge is 0.251 e. The fourth-order valence-corrected chi connectivity index (χ4v) is 2.46. The van der Waals surface area contributed by atoms with Gasteiger partial charge in [0.15, 0.2) is 9.84 Å². The van der Waals surface area contributed by atoms with E-state index in [1.807, 2.05) is 13.8 Å². The van der Waals surface area contributed by atoms with Crippen molar-refractivity contribution in [2.45, 2.75) is 37.2 Å². The van der Waals surface area contributed by atoms with Gasteiger partial charge in [0.2, 0.25) is 0 Å². The molecular weight excluding hydrogens is 264 g/mol. The van der Waals surface area contributed by atoms with Crippen molar-refractivity contribution >= 4 is 15.7 Å².